The highest BCUT2D eigenvalue weighted by Crippen LogP contribution is 2.41. The second-order valence-corrected chi connectivity index (χ2v) is 19.3. The van der Waals surface area contributed by atoms with Crippen LogP contribution in [-0.2, 0) is 63.9 Å². The van der Waals surface area contributed by atoms with Gasteiger partial charge in [-0.15, -0.1) is 0 Å². The number of halogens is 2. The van der Waals surface area contributed by atoms with Gasteiger partial charge < -0.3 is 60.1 Å². The van der Waals surface area contributed by atoms with Gasteiger partial charge in [-0.3, -0.25) is 48.1 Å². The number of rotatable bonds is 30. The van der Waals surface area contributed by atoms with E-state index in [0.717, 1.165) is 45.7 Å². The largest absolute Gasteiger partial charge is 0.481 e. The zero-order valence-corrected chi connectivity index (χ0v) is 43.6. The standard InChI is InChI=1S/C53H68F2N8O14/c1-53(2,3)49(42-27-35(37-28-36(54)12-13-38(37)55)31-60(42)30-34-9-6-5-7-10-34)62(47(69)33-64)20-16-39(50(72)56-4)59-51(73)41-11-8-19-61(41)52(74)40(29-48(70)71)58-43(65)17-21-75-23-25-77-26-24-76-22-18-57-44(66)32-63-45(67)14-15-46(63)68/h5-7,9-10,12-15,27-28,31,39-41,49,64H,8,11,16-26,29-30,32-33H2,1-4H3,(H,56,72)(H,57,66)(H,58,65)(H,59,73)(H,70,71)/t39-,40-,41-,49-/m0/s1. The highest BCUT2D eigenvalue weighted by Gasteiger charge is 2.41. The van der Waals surface area contributed by atoms with Gasteiger partial charge in [0.2, 0.25) is 35.4 Å². The molecular weight excluding hydrogens is 1010 g/mol. The van der Waals surface area contributed by atoms with Crippen LogP contribution in [0.4, 0.5) is 8.78 Å². The Morgan fingerprint density at radius 2 is 1.51 bits per heavy atom. The Kier molecular flexibility index (Phi) is 22.9. The molecule has 5 rings (SSSR count). The molecule has 2 aromatic carbocycles. The van der Waals surface area contributed by atoms with Gasteiger partial charge in [-0.25, -0.2) is 8.78 Å². The maximum Gasteiger partial charge on any atom is 0.305 e. The molecular formula is C53H68F2N8O14. The first-order valence-corrected chi connectivity index (χ1v) is 25.2. The molecule has 0 saturated carbocycles. The first-order valence-electron chi connectivity index (χ1n) is 25.2. The summed E-state index contributed by atoms with van der Waals surface area (Å²) in [5.41, 5.74) is 0.903. The third-order valence-electron chi connectivity index (χ3n) is 12.6. The van der Waals surface area contributed by atoms with Crippen molar-refractivity contribution < 1.29 is 76.4 Å². The van der Waals surface area contributed by atoms with Crippen LogP contribution in [0.1, 0.15) is 70.2 Å². The number of aliphatic carboxylic acids is 1. The molecule has 1 saturated heterocycles. The lowest BCUT2D eigenvalue weighted by Crippen LogP contribution is -2.57. The summed E-state index contributed by atoms with van der Waals surface area (Å²) >= 11 is 0. The number of carboxylic acid groups (broad SMARTS) is 1. The number of benzene rings is 2. The molecule has 3 aromatic rings. The van der Waals surface area contributed by atoms with Gasteiger partial charge in [-0.2, -0.15) is 0 Å². The van der Waals surface area contributed by atoms with E-state index in [-0.39, 0.29) is 90.6 Å². The first-order chi connectivity index (χ1) is 36.7. The summed E-state index contributed by atoms with van der Waals surface area (Å²) in [7, 11) is 1.35. The van der Waals surface area contributed by atoms with E-state index in [0.29, 0.717) is 17.7 Å². The predicted molar refractivity (Wildman–Crippen MR) is 272 cm³/mol. The number of hydrogen-bond acceptors (Lipinski definition) is 13. The molecule has 1 aromatic heterocycles. The number of likely N-dealkylation sites (N-methyl/N-ethyl adjacent to an activating group) is 1. The summed E-state index contributed by atoms with van der Waals surface area (Å²) < 4.78 is 47.9. The Bertz CT molecular complexity index is 2590. The van der Waals surface area contributed by atoms with E-state index >= 15 is 4.39 Å². The topological polar surface area (TPSA) is 285 Å². The van der Waals surface area contributed by atoms with Crippen molar-refractivity contribution in [3.63, 3.8) is 0 Å². The number of likely N-dealkylation sites (tertiary alicyclic amines) is 1. The molecule has 22 nitrogen and oxygen atoms in total. The van der Waals surface area contributed by atoms with Gasteiger partial charge in [0.15, 0.2) is 0 Å². The Morgan fingerprint density at radius 3 is 2.14 bits per heavy atom. The molecule has 0 aliphatic carbocycles. The van der Waals surface area contributed by atoms with Crippen molar-refractivity contribution in [1.29, 1.82) is 0 Å². The number of amides is 8. The summed E-state index contributed by atoms with van der Waals surface area (Å²) in [5.74, 6) is -7.99. The average Bonchev–Trinajstić information content (AvgIpc) is 4.14. The number of nitrogens with one attached hydrogen (secondary N) is 4. The Morgan fingerprint density at radius 1 is 0.844 bits per heavy atom. The van der Waals surface area contributed by atoms with Crippen molar-refractivity contribution in [1.82, 2.24) is 40.5 Å². The van der Waals surface area contributed by atoms with E-state index in [1.807, 2.05) is 55.7 Å². The number of hydrogen-bond donors (Lipinski definition) is 6. The maximum atomic E-state index is 15.3. The van der Waals surface area contributed by atoms with E-state index in [1.54, 1.807) is 12.3 Å². The minimum absolute atomic E-state index is 0.0106. The molecule has 2 aliphatic rings. The quantitative estimate of drug-likeness (QED) is 0.0407. The third-order valence-corrected chi connectivity index (χ3v) is 12.6. The molecule has 2 aliphatic heterocycles. The third kappa shape index (κ3) is 17.8. The Labute approximate surface area is 444 Å². The molecule has 8 amide bonds. The molecule has 4 atom stereocenters. The van der Waals surface area contributed by atoms with Crippen LogP contribution < -0.4 is 21.3 Å². The summed E-state index contributed by atoms with van der Waals surface area (Å²) in [6.45, 7) is 5.13. The van der Waals surface area contributed by atoms with Gasteiger partial charge in [-0.05, 0) is 54.5 Å². The number of carbonyl (C=O) groups excluding carboxylic acids is 8. The van der Waals surface area contributed by atoms with E-state index in [9.17, 15) is 57.8 Å². The van der Waals surface area contributed by atoms with Gasteiger partial charge >= 0.3 is 5.97 Å². The fourth-order valence-corrected chi connectivity index (χ4v) is 8.98. The van der Waals surface area contributed by atoms with E-state index in [2.05, 4.69) is 21.3 Å². The lowest BCUT2D eigenvalue weighted by Gasteiger charge is -2.41. The summed E-state index contributed by atoms with van der Waals surface area (Å²) in [5, 5.41) is 30.3. The molecule has 0 spiro atoms. The van der Waals surface area contributed by atoms with Crippen LogP contribution in [0.2, 0.25) is 0 Å². The number of aromatic nitrogens is 1. The second kappa shape index (κ2) is 29.2. The lowest BCUT2D eigenvalue weighted by molar-refractivity contribution is -0.146. The van der Waals surface area contributed by atoms with Crippen LogP contribution in [0.5, 0.6) is 0 Å². The summed E-state index contributed by atoms with van der Waals surface area (Å²) in [4.78, 5) is 119. The minimum atomic E-state index is -1.55. The fourth-order valence-electron chi connectivity index (χ4n) is 8.98. The Hall–Kier alpha value is -7.41. The van der Waals surface area contributed by atoms with Crippen LogP contribution in [0.15, 0.2) is 72.9 Å². The smallest absolute Gasteiger partial charge is 0.305 e. The van der Waals surface area contributed by atoms with Crippen molar-refractivity contribution >= 4 is 53.2 Å². The number of carboxylic acids is 1. The van der Waals surface area contributed by atoms with Crippen molar-refractivity contribution in [2.75, 3.05) is 79.5 Å². The van der Waals surface area contributed by atoms with Gasteiger partial charge in [0.25, 0.3) is 11.8 Å². The number of aliphatic hydroxyl groups is 1. The SMILES string of the molecule is CNC(=O)[C@H](CCN(C(=O)CO)[C@@H](c1cc(-c2cc(F)ccc2F)cn1Cc1ccccc1)C(C)(C)C)NC(=O)[C@@H]1CCCN1C(=O)[C@H](CC(=O)O)NC(=O)CCOCCOCCOCCNC(=O)CN1C(=O)C=CC1=O. The fraction of sp³-hybridized carbons (Fsp3) is 0.491. The number of nitrogens with zero attached hydrogens (tertiary/aromatic N) is 4. The Balaban J connectivity index is 1.16. The monoisotopic (exact) mass is 1080 g/mol. The molecule has 24 heteroatoms. The first kappa shape index (κ1) is 60.5. The van der Waals surface area contributed by atoms with Gasteiger partial charge in [0, 0.05) is 74.8 Å². The number of carbonyl (C=O) groups is 9. The highest BCUT2D eigenvalue weighted by atomic mass is 19.1. The van der Waals surface area contributed by atoms with Gasteiger partial charge in [0.05, 0.1) is 52.1 Å². The van der Waals surface area contributed by atoms with Crippen LogP contribution >= 0.6 is 0 Å². The summed E-state index contributed by atoms with van der Waals surface area (Å²) in [6.07, 6.45) is 3.08. The van der Waals surface area contributed by atoms with Crippen LogP contribution in [0.25, 0.3) is 11.1 Å². The van der Waals surface area contributed by atoms with Crippen molar-refractivity contribution in [3.8, 4) is 11.1 Å². The number of ether oxygens (including phenoxy) is 3. The van der Waals surface area contributed by atoms with Crippen molar-refractivity contribution in [3.05, 3.63) is 95.8 Å². The van der Waals surface area contributed by atoms with E-state index < -0.39 is 114 Å². The molecule has 0 bridgehead atoms. The maximum absolute atomic E-state index is 15.3. The van der Waals surface area contributed by atoms with Crippen LogP contribution in [0.3, 0.4) is 0 Å². The molecule has 6 N–H and O–H groups in total. The zero-order valence-electron chi connectivity index (χ0n) is 43.6. The molecule has 3 heterocycles. The van der Waals surface area contributed by atoms with E-state index in [4.69, 9.17) is 14.2 Å². The summed E-state index contributed by atoms with van der Waals surface area (Å²) in [6, 6.07) is 9.23. The van der Waals surface area contributed by atoms with Crippen LogP contribution in [-0.4, -0.2) is 180 Å². The highest BCUT2D eigenvalue weighted by molar-refractivity contribution is 6.14. The van der Waals surface area contributed by atoms with Gasteiger partial charge in [-0.1, -0.05) is 51.1 Å². The number of aliphatic hydroxyl groups excluding tert-OH is 1. The zero-order chi connectivity index (χ0) is 56.2. The number of imide groups is 1. The minimum Gasteiger partial charge on any atom is -0.481 e. The van der Waals surface area contributed by atoms with Gasteiger partial charge in [0.1, 0.15) is 42.9 Å². The molecule has 418 valence electrons. The normalized spacial score (nSPS) is 15.5. The average molecular weight is 1080 g/mol. The molecule has 1 fully saturated rings. The molecule has 0 radical (unpaired) electrons. The van der Waals surface area contributed by atoms with E-state index in [1.165, 1.54) is 11.9 Å². The van der Waals surface area contributed by atoms with Crippen LogP contribution in [0, 0.1) is 17.0 Å². The lowest BCUT2D eigenvalue weighted by atomic mass is 9.82. The molecule has 77 heavy (non-hydrogen) atoms. The predicted octanol–water partition coefficient (Wildman–Crippen LogP) is 1.44. The van der Waals surface area contributed by atoms with Crippen molar-refractivity contribution in [2.24, 2.45) is 5.41 Å². The molecule has 0 unspecified atom stereocenters. The second-order valence-electron chi connectivity index (χ2n) is 19.3. The van der Waals surface area contributed by atoms with Crippen molar-refractivity contribution in [2.45, 2.75) is 83.6 Å².